The molecule has 12 heteroatoms. The molecular weight excluding hydrogens is 853 g/mol. The van der Waals surface area contributed by atoms with Crippen molar-refractivity contribution >= 4 is 80.0 Å². The number of hydrogen-bond donors (Lipinski definition) is 2. The van der Waals surface area contributed by atoms with Crippen molar-refractivity contribution in [3.63, 3.8) is 0 Å². The van der Waals surface area contributed by atoms with Crippen LogP contribution in [-0.2, 0) is 0 Å². The van der Waals surface area contributed by atoms with Gasteiger partial charge in [0, 0.05) is 70.5 Å². The van der Waals surface area contributed by atoms with Gasteiger partial charge in [-0.1, -0.05) is 87.6 Å². The van der Waals surface area contributed by atoms with Gasteiger partial charge in [-0.2, -0.15) is 0 Å². The molecule has 0 atom stereocenters. The highest BCUT2D eigenvalue weighted by molar-refractivity contribution is 7.99. The smallest absolute Gasteiger partial charge is 0.164 e. The number of nitrogens with zero attached hydrogens (tertiary/aromatic N) is 8. The van der Waals surface area contributed by atoms with Crippen molar-refractivity contribution in [3.8, 4) is 22.3 Å². The lowest BCUT2D eigenvalue weighted by molar-refractivity contribution is 0.827. The van der Waals surface area contributed by atoms with Crippen LogP contribution in [-0.4, -0.2) is 58.1 Å². The van der Waals surface area contributed by atoms with Crippen LogP contribution in [0.2, 0.25) is 0 Å². The van der Waals surface area contributed by atoms with E-state index in [1.165, 1.54) is 0 Å². The highest BCUT2D eigenvalue weighted by Gasteiger charge is 2.16. The van der Waals surface area contributed by atoms with Crippen molar-refractivity contribution in [2.24, 2.45) is 0 Å². The van der Waals surface area contributed by atoms with E-state index < -0.39 is 0 Å². The van der Waals surface area contributed by atoms with E-state index in [2.05, 4.69) is 220 Å². The van der Waals surface area contributed by atoms with Crippen molar-refractivity contribution in [1.29, 1.82) is 0 Å². The maximum absolute atomic E-state index is 4.85. The molecule has 0 saturated heterocycles. The second-order valence-corrected chi connectivity index (χ2v) is 19.4. The molecule has 2 N–H and O–H groups in total. The van der Waals surface area contributed by atoms with Crippen LogP contribution in [0.15, 0.2) is 166 Å². The maximum atomic E-state index is 4.85. The third-order valence-corrected chi connectivity index (χ3v) is 13.6. The summed E-state index contributed by atoms with van der Waals surface area (Å²) in [5.41, 5.74) is 11.9. The Balaban J connectivity index is 1.05. The van der Waals surface area contributed by atoms with E-state index in [9.17, 15) is 0 Å². The summed E-state index contributed by atoms with van der Waals surface area (Å²) in [7, 11) is 8.22. The second-order valence-electron chi connectivity index (χ2n) is 17.2. The van der Waals surface area contributed by atoms with Gasteiger partial charge in [0.25, 0.3) is 0 Å². The molecule has 4 heterocycles. The fraction of sp³-hybridized carbons (Fsp3) is 0.185. The van der Waals surface area contributed by atoms with Crippen LogP contribution in [0.5, 0.6) is 0 Å². The maximum Gasteiger partial charge on any atom is 0.164 e. The second kappa shape index (κ2) is 19.2. The number of rotatable bonds is 14. The molecule has 10 nitrogen and oxygen atoms in total. The van der Waals surface area contributed by atoms with Gasteiger partial charge in [0.1, 0.15) is 24.3 Å². The first-order chi connectivity index (χ1) is 31.9. The van der Waals surface area contributed by atoms with Crippen LogP contribution in [0.25, 0.3) is 44.3 Å². The summed E-state index contributed by atoms with van der Waals surface area (Å²) in [4.78, 5) is 36.8. The van der Waals surface area contributed by atoms with Gasteiger partial charge in [-0.3, -0.25) is 0 Å². The van der Waals surface area contributed by atoms with E-state index in [0.717, 1.165) is 86.7 Å². The van der Waals surface area contributed by atoms with E-state index in [1.807, 2.05) is 0 Å². The Kier molecular flexibility index (Phi) is 12.9. The molecule has 66 heavy (non-hydrogen) atoms. The number of anilines is 6. The molecule has 0 unspecified atom stereocenters. The lowest BCUT2D eigenvalue weighted by atomic mass is 9.99. The molecule has 0 bridgehead atoms. The van der Waals surface area contributed by atoms with Crippen LogP contribution in [0.4, 0.5) is 34.4 Å². The van der Waals surface area contributed by atoms with Gasteiger partial charge in [-0.15, -0.1) is 0 Å². The van der Waals surface area contributed by atoms with Crippen LogP contribution in [0.1, 0.15) is 50.9 Å². The minimum absolute atomic E-state index is 0.292. The van der Waals surface area contributed by atoms with Gasteiger partial charge in [0.05, 0.1) is 22.1 Å². The van der Waals surface area contributed by atoms with E-state index >= 15 is 0 Å². The van der Waals surface area contributed by atoms with E-state index in [-0.39, 0.29) is 0 Å². The van der Waals surface area contributed by atoms with E-state index in [1.54, 1.807) is 36.2 Å². The van der Waals surface area contributed by atoms with Gasteiger partial charge < -0.3 is 20.4 Å². The van der Waals surface area contributed by atoms with Gasteiger partial charge in [-0.05, 0) is 131 Å². The predicted octanol–water partition coefficient (Wildman–Crippen LogP) is 13.9. The largest absolute Gasteiger partial charge is 0.378 e. The number of fused-ring (bicyclic) bond motifs is 2. The molecule has 0 aliphatic heterocycles. The molecule has 9 aromatic rings. The van der Waals surface area contributed by atoms with E-state index in [0.29, 0.717) is 34.8 Å². The topological polar surface area (TPSA) is 108 Å². The summed E-state index contributed by atoms with van der Waals surface area (Å²) in [5, 5.41) is 9.12. The summed E-state index contributed by atoms with van der Waals surface area (Å²) < 4.78 is 0. The van der Waals surface area contributed by atoms with Crippen LogP contribution < -0.4 is 20.4 Å². The average Bonchev–Trinajstić information content (AvgIpc) is 3.32. The average molecular weight is 905 g/mol. The molecule has 0 aliphatic rings. The van der Waals surface area contributed by atoms with Crippen LogP contribution >= 0.6 is 23.5 Å². The minimum atomic E-state index is 0.292. The zero-order chi connectivity index (χ0) is 45.9. The molecule has 330 valence electrons. The van der Waals surface area contributed by atoms with Crippen molar-refractivity contribution in [2.45, 2.75) is 59.1 Å². The van der Waals surface area contributed by atoms with E-state index in [4.69, 9.17) is 19.9 Å². The summed E-state index contributed by atoms with van der Waals surface area (Å²) in [6.45, 7) is 8.56. The van der Waals surface area contributed by atoms with Gasteiger partial charge >= 0.3 is 0 Å². The normalized spacial score (nSPS) is 11.4. The summed E-state index contributed by atoms with van der Waals surface area (Å²) in [5.74, 6) is 2.01. The zero-order valence-corrected chi connectivity index (χ0v) is 40.0. The number of pyridine rings is 2. The third kappa shape index (κ3) is 9.80. The first-order valence-corrected chi connectivity index (χ1v) is 23.7. The molecule has 0 amide bonds. The Morgan fingerprint density at radius 3 is 1.17 bits per heavy atom. The number of benzene rings is 5. The quantitative estimate of drug-likeness (QED) is 0.108. The molecule has 5 aromatic carbocycles. The lowest BCUT2D eigenvalue weighted by Gasteiger charge is -2.17. The van der Waals surface area contributed by atoms with Crippen LogP contribution in [0, 0.1) is 0 Å². The fourth-order valence-electron chi connectivity index (χ4n) is 7.54. The van der Waals surface area contributed by atoms with Crippen molar-refractivity contribution in [1.82, 2.24) is 29.9 Å². The molecule has 9 rings (SSSR count). The third-order valence-electron chi connectivity index (χ3n) is 11.4. The molecule has 4 aromatic heterocycles. The highest BCUT2D eigenvalue weighted by Crippen LogP contribution is 2.41. The number of nitrogens with one attached hydrogen (secondary N) is 2. The van der Waals surface area contributed by atoms with Gasteiger partial charge in [-0.25, -0.2) is 29.9 Å². The monoisotopic (exact) mass is 904 g/mol. The Hall–Kier alpha value is -7.02. The first kappa shape index (κ1) is 44.2. The lowest BCUT2D eigenvalue weighted by Crippen LogP contribution is -2.07. The summed E-state index contributed by atoms with van der Waals surface area (Å²) >= 11 is 3.43. The minimum Gasteiger partial charge on any atom is -0.378 e. The molecule has 0 saturated carbocycles. The molecular formula is C54H52N10S2. The highest BCUT2D eigenvalue weighted by atomic mass is 32.2. The summed E-state index contributed by atoms with van der Waals surface area (Å²) in [6.07, 6.45) is 3.17. The Morgan fingerprint density at radius 1 is 0.424 bits per heavy atom. The molecule has 0 radical (unpaired) electrons. The van der Waals surface area contributed by atoms with Crippen molar-refractivity contribution in [3.05, 3.63) is 158 Å². The summed E-state index contributed by atoms with van der Waals surface area (Å²) in [6, 6.07) is 47.4. The Labute approximate surface area is 395 Å². The first-order valence-electron chi connectivity index (χ1n) is 22.0. The molecule has 0 fully saturated rings. The standard InChI is InChI=1S/C54H52N10S2/c1-33(2)45-25-23-43-51(59-45)55-31-57-53(43)61-47-29-37(13-27-49(47)65-41-19-15-39(16-20-41)63(5)6)35-9-11-36(12-10-35)38-14-28-50(66-42-21-17-40(18-22-42)64(7)8)48(30-38)62-54-44-24-26-46(34(3)4)60-52(44)56-32-58-54/h9-34H,1-8H3,(H,55,57,59,61)(H,56,58,60,62). The van der Waals surface area contributed by atoms with Crippen molar-refractivity contribution < 1.29 is 0 Å². The number of aromatic nitrogens is 6. The van der Waals surface area contributed by atoms with Crippen LogP contribution in [0.3, 0.4) is 0 Å². The van der Waals surface area contributed by atoms with Gasteiger partial charge in [0.2, 0.25) is 0 Å². The number of hydrogen-bond acceptors (Lipinski definition) is 12. The van der Waals surface area contributed by atoms with Crippen molar-refractivity contribution in [2.75, 3.05) is 48.6 Å². The van der Waals surface area contributed by atoms with Gasteiger partial charge in [0.15, 0.2) is 11.3 Å². The molecule has 0 spiro atoms. The molecule has 0 aliphatic carbocycles. The SMILES string of the molecule is CC(C)c1ccc2c(Nc3cc(-c4ccc(-c5ccc(Sc6ccc(N(C)C)cc6)c(Nc6ncnc7nc(C(C)C)ccc67)c5)cc4)ccc3Sc3ccc(N(C)C)cc3)ncnc2n1. The fourth-order valence-corrected chi connectivity index (χ4v) is 9.30. The zero-order valence-electron chi connectivity index (χ0n) is 38.4. The Morgan fingerprint density at radius 2 is 0.803 bits per heavy atom. The predicted molar refractivity (Wildman–Crippen MR) is 277 cm³/mol. The Bertz CT molecular complexity index is 2940.